The van der Waals surface area contributed by atoms with E-state index in [1.807, 2.05) is 25.7 Å². The maximum atomic E-state index is 12.4. The van der Waals surface area contributed by atoms with Gasteiger partial charge in [0.1, 0.15) is 5.60 Å². The van der Waals surface area contributed by atoms with E-state index >= 15 is 0 Å². The van der Waals surface area contributed by atoms with E-state index in [-0.39, 0.29) is 6.09 Å². The molecular formula is C16H30N2O2. The van der Waals surface area contributed by atoms with Crippen LogP contribution in [0, 0.1) is 0 Å². The van der Waals surface area contributed by atoms with Crippen molar-refractivity contribution in [1.82, 2.24) is 9.80 Å². The van der Waals surface area contributed by atoms with Gasteiger partial charge < -0.3 is 14.5 Å². The van der Waals surface area contributed by atoms with Gasteiger partial charge in [0.15, 0.2) is 0 Å². The molecule has 0 aromatic rings. The Morgan fingerprint density at radius 3 is 2.05 bits per heavy atom. The van der Waals surface area contributed by atoms with Crippen LogP contribution in [-0.2, 0) is 4.74 Å². The minimum Gasteiger partial charge on any atom is -0.444 e. The summed E-state index contributed by atoms with van der Waals surface area (Å²) in [7, 11) is 0. The number of amides is 1. The summed E-state index contributed by atoms with van der Waals surface area (Å²) in [6, 6.07) is 1.41. The van der Waals surface area contributed by atoms with Gasteiger partial charge in [-0.25, -0.2) is 4.79 Å². The Kier molecular flexibility index (Phi) is 4.62. The summed E-state index contributed by atoms with van der Waals surface area (Å²) in [5, 5.41) is 0. The number of carbonyl (C=O) groups is 1. The molecule has 0 radical (unpaired) electrons. The zero-order valence-electron chi connectivity index (χ0n) is 13.7. The van der Waals surface area contributed by atoms with E-state index in [0.29, 0.717) is 18.1 Å². The number of piperidine rings is 1. The Labute approximate surface area is 123 Å². The number of hydrogen-bond donors (Lipinski definition) is 0. The topological polar surface area (TPSA) is 32.8 Å². The average molecular weight is 282 g/mol. The van der Waals surface area contributed by atoms with E-state index in [1.165, 1.54) is 0 Å². The first-order valence-electron chi connectivity index (χ1n) is 8.11. The highest BCUT2D eigenvalue weighted by molar-refractivity contribution is 5.69. The second-order valence-electron chi connectivity index (χ2n) is 7.12. The molecule has 2 saturated heterocycles. The van der Waals surface area contributed by atoms with Crippen LogP contribution >= 0.6 is 0 Å². The Balaban J connectivity index is 2.02. The van der Waals surface area contributed by atoms with E-state index in [1.54, 1.807) is 0 Å². The molecule has 0 aliphatic carbocycles. The third kappa shape index (κ3) is 3.27. The van der Waals surface area contributed by atoms with Gasteiger partial charge in [-0.05, 0) is 59.5 Å². The molecule has 20 heavy (non-hydrogen) atoms. The minimum atomic E-state index is -0.397. The van der Waals surface area contributed by atoms with Crippen molar-refractivity contribution < 1.29 is 9.53 Å². The highest BCUT2D eigenvalue weighted by Gasteiger charge is 2.45. The molecule has 0 N–H and O–H groups in total. The van der Waals surface area contributed by atoms with Gasteiger partial charge in [-0.1, -0.05) is 13.8 Å². The standard InChI is InChI=1S/C16H30N2O2/c1-6-17(7-2)14-10-12-8-9-13(11-14)18(12)15(19)20-16(3,4)5/h12-14H,6-11H2,1-5H3. The van der Waals surface area contributed by atoms with Crippen molar-refractivity contribution in [3.05, 3.63) is 0 Å². The summed E-state index contributed by atoms with van der Waals surface area (Å²) in [6.07, 6.45) is 4.39. The molecule has 1 amide bonds. The number of ether oxygens (including phenoxy) is 1. The second-order valence-corrected chi connectivity index (χ2v) is 7.12. The molecule has 2 bridgehead atoms. The first kappa shape index (κ1) is 15.6. The Bertz CT molecular complexity index is 333. The molecule has 4 nitrogen and oxygen atoms in total. The van der Waals surface area contributed by atoms with E-state index in [2.05, 4.69) is 18.7 Å². The van der Waals surface area contributed by atoms with Crippen molar-refractivity contribution in [3.8, 4) is 0 Å². The molecule has 0 aromatic carbocycles. The fraction of sp³-hybridized carbons (Fsp3) is 0.938. The molecule has 2 unspecified atom stereocenters. The Hall–Kier alpha value is -0.770. The van der Waals surface area contributed by atoms with Crippen LogP contribution in [0.5, 0.6) is 0 Å². The van der Waals surface area contributed by atoms with Gasteiger partial charge in [0.2, 0.25) is 0 Å². The number of nitrogens with zero attached hydrogens (tertiary/aromatic N) is 2. The molecule has 116 valence electrons. The summed E-state index contributed by atoms with van der Waals surface area (Å²) in [4.78, 5) is 17.0. The molecule has 0 aromatic heterocycles. The molecule has 2 aliphatic heterocycles. The van der Waals surface area contributed by atoms with Crippen molar-refractivity contribution in [1.29, 1.82) is 0 Å². The highest BCUT2D eigenvalue weighted by atomic mass is 16.6. The lowest BCUT2D eigenvalue weighted by atomic mass is 9.96. The van der Waals surface area contributed by atoms with Gasteiger partial charge in [-0.2, -0.15) is 0 Å². The first-order chi connectivity index (χ1) is 9.35. The zero-order valence-corrected chi connectivity index (χ0v) is 13.7. The van der Waals surface area contributed by atoms with E-state index in [9.17, 15) is 4.79 Å². The van der Waals surface area contributed by atoms with Gasteiger partial charge in [-0.3, -0.25) is 0 Å². The molecule has 2 rings (SSSR count). The number of rotatable bonds is 3. The second kappa shape index (κ2) is 5.92. The lowest BCUT2D eigenvalue weighted by Gasteiger charge is -2.43. The summed E-state index contributed by atoms with van der Waals surface area (Å²) in [5.74, 6) is 0. The van der Waals surface area contributed by atoms with Crippen LogP contribution in [-0.4, -0.2) is 52.7 Å². The molecule has 2 fully saturated rings. The number of fused-ring (bicyclic) bond motifs is 2. The van der Waals surface area contributed by atoms with Crippen LogP contribution < -0.4 is 0 Å². The monoisotopic (exact) mass is 282 g/mol. The maximum Gasteiger partial charge on any atom is 0.410 e. The quantitative estimate of drug-likeness (QED) is 0.796. The molecule has 0 spiro atoms. The van der Waals surface area contributed by atoms with E-state index in [4.69, 9.17) is 4.74 Å². The lowest BCUT2D eigenvalue weighted by molar-refractivity contribution is -0.00336. The maximum absolute atomic E-state index is 12.4. The SMILES string of the molecule is CCN(CC)C1CC2CCC(C1)N2C(=O)OC(C)(C)C. The molecule has 0 saturated carbocycles. The van der Waals surface area contributed by atoms with Crippen LogP contribution in [0.2, 0.25) is 0 Å². The van der Waals surface area contributed by atoms with Crippen molar-refractivity contribution in [2.24, 2.45) is 0 Å². The van der Waals surface area contributed by atoms with Crippen LogP contribution in [0.25, 0.3) is 0 Å². The normalized spacial score (nSPS) is 29.9. The fourth-order valence-corrected chi connectivity index (χ4v) is 3.80. The first-order valence-corrected chi connectivity index (χ1v) is 8.11. The van der Waals surface area contributed by atoms with Gasteiger partial charge >= 0.3 is 6.09 Å². The van der Waals surface area contributed by atoms with E-state index < -0.39 is 5.60 Å². The minimum absolute atomic E-state index is 0.108. The van der Waals surface area contributed by atoms with Crippen molar-refractivity contribution in [3.63, 3.8) is 0 Å². The smallest absolute Gasteiger partial charge is 0.410 e. The van der Waals surface area contributed by atoms with Crippen LogP contribution in [0.1, 0.15) is 60.3 Å². The Morgan fingerprint density at radius 2 is 1.65 bits per heavy atom. The third-order valence-corrected chi connectivity index (χ3v) is 4.64. The van der Waals surface area contributed by atoms with Crippen molar-refractivity contribution in [2.45, 2.75) is 84.0 Å². The van der Waals surface area contributed by atoms with Gasteiger partial charge in [0, 0.05) is 18.1 Å². The van der Waals surface area contributed by atoms with Crippen LogP contribution in [0.3, 0.4) is 0 Å². The predicted molar refractivity (Wildman–Crippen MR) is 80.8 cm³/mol. The lowest BCUT2D eigenvalue weighted by Crippen LogP contribution is -2.53. The number of carbonyl (C=O) groups excluding carboxylic acids is 1. The molecule has 2 atom stereocenters. The largest absolute Gasteiger partial charge is 0.444 e. The Morgan fingerprint density at radius 1 is 1.15 bits per heavy atom. The third-order valence-electron chi connectivity index (χ3n) is 4.64. The van der Waals surface area contributed by atoms with Crippen molar-refractivity contribution in [2.75, 3.05) is 13.1 Å². The number of hydrogen-bond acceptors (Lipinski definition) is 3. The van der Waals surface area contributed by atoms with Gasteiger partial charge in [0.05, 0.1) is 0 Å². The summed E-state index contributed by atoms with van der Waals surface area (Å²) < 4.78 is 5.58. The van der Waals surface area contributed by atoms with E-state index in [0.717, 1.165) is 38.8 Å². The van der Waals surface area contributed by atoms with Gasteiger partial charge in [-0.15, -0.1) is 0 Å². The van der Waals surface area contributed by atoms with Crippen LogP contribution in [0.15, 0.2) is 0 Å². The van der Waals surface area contributed by atoms with Crippen LogP contribution in [0.4, 0.5) is 4.79 Å². The average Bonchev–Trinajstić information content (AvgIpc) is 2.61. The molecule has 2 heterocycles. The summed E-state index contributed by atoms with van der Waals surface area (Å²) in [5.41, 5.74) is -0.397. The van der Waals surface area contributed by atoms with Crippen molar-refractivity contribution >= 4 is 6.09 Å². The zero-order chi connectivity index (χ0) is 14.9. The molecule has 4 heteroatoms. The molecular weight excluding hydrogens is 252 g/mol. The summed E-state index contributed by atoms with van der Waals surface area (Å²) >= 11 is 0. The fourth-order valence-electron chi connectivity index (χ4n) is 3.80. The van der Waals surface area contributed by atoms with Gasteiger partial charge in [0.25, 0.3) is 0 Å². The predicted octanol–water partition coefficient (Wildman–Crippen LogP) is 3.26. The highest BCUT2D eigenvalue weighted by Crippen LogP contribution is 2.38. The summed E-state index contributed by atoms with van der Waals surface area (Å²) in [6.45, 7) is 12.5. The molecule has 2 aliphatic rings.